The third kappa shape index (κ3) is 33.4. The Morgan fingerprint density at radius 1 is 0.660 bits per heavy atom. The lowest BCUT2D eigenvalue weighted by Crippen LogP contribution is -2.29. The van der Waals surface area contributed by atoms with Crippen molar-refractivity contribution in [3.05, 3.63) is 60.8 Å². The summed E-state index contributed by atoms with van der Waals surface area (Å²) in [6.45, 7) is 3.47. The summed E-state index contributed by atoms with van der Waals surface area (Å²) in [4.78, 5) is 34.6. The number of hydrogen-bond acceptors (Lipinski definition) is 8. The van der Waals surface area contributed by atoms with E-state index in [0.29, 0.717) is 12.8 Å². The zero-order valence-electron chi connectivity index (χ0n) is 29.2. The normalized spacial score (nSPS) is 14.2. The van der Waals surface area contributed by atoms with Crippen molar-refractivity contribution >= 4 is 19.8 Å². The Balaban J connectivity index is 4.39. The van der Waals surface area contributed by atoms with E-state index in [0.717, 1.165) is 25.7 Å². The number of unbranched alkanes of at least 4 members (excludes halogenated alkanes) is 13. The van der Waals surface area contributed by atoms with E-state index in [1.165, 1.54) is 64.2 Å². The van der Waals surface area contributed by atoms with Gasteiger partial charge in [-0.05, 0) is 25.7 Å². The van der Waals surface area contributed by atoms with Crippen molar-refractivity contribution < 1.29 is 37.6 Å². The van der Waals surface area contributed by atoms with Gasteiger partial charge in [0.05, 0.1) is 13.2 Å². The van der Waals surface area contributed by atoms with Crippen LogP contribution in [0.4, 0.5) is 0 Å². The van der Waals surface area contributed by atoms with Crippen molar-refractivity contribution in [1.82, 2.24) is 0 Å². The molecular weight excluding hydrogens is 617 g/mol. The monoisotopic (exact) mass is 681 g/mol. The number of allylic oxidation sites excluding steroid dienone is 10. The van der Waals surface area contributed by atoms with Gasteiger partial charge in [-0.3, -0.25) is 18.6 Å². The second-order valence-corrected chi connectivity index (χ2v) is 12.9. The molecule has 0 amide bonds. The van der Waals surface area contributed by atoms with Crippen molar-refractivity contribution in [2.75, 3.05) is 26.4 Å². The quantitative estimate of drug-likeness (QED) is 0.0308. The van der Waals surface area contributed by atoms with Gasteiger partial charge in [-0.1, -0.05) is 152 Å². The predicted molar refractivity (Wildman–Crippen MR) is 192 cm³/mol. The molecule has 0 radical (unpaired) electrons. The van der Waals surface area contributed by atoms with Crippen LogP contribution in [0.25, 0.3) is 0 Å². The van der Waals surface area contributed by atoms with Crippen molar-refractivity contribution in [3.8, 4) is 0 Å². The molecule has 0 spiro atoms. The minimum atomic E-state index is -4.39. The fraction of sp³-hybridized carbons (Fsp3) is 0.676. The van der Waals surface area contributed by atoms with Crippen LogP contribution in [-0.4, -0.2) is 49.3 Å². The number of phosphoric acid groups is 1. The van der Waals surface area contributed by atoms with Crippen LogP contribution < -0.4 is 5.73 Å². The second-order valence-electron chi connectivity index (χ2n) is 11.5. The highest BCUT2D eigenvalue weighted by Crippen LogP contribution is 2.43. The lowest BCUT2D eigenvalue weighted by atomic mass is 10.0. The Bertz CT molecular complexity index is 960. The fourth-order valence-electron chi connectivity index (χ4n) is 4.43. The second kappa shape index (κ2) is 33.6. The first-order valence-corrected chi connectivity index (χ1v) is 19.3. The Morgan fingerprint density at radius 2 is 1.17 bits per heavy atom. The standard InChI is InChI=1S/C37H64NO8P/c1-3-5-7-9-11-13-15-17-19-21-23-25-27-29-36(39)43-33-35(34-45-47(41,42)44-32-31-38)46-37(40)30-28-26-24-22-20-18-16-14-12-10-8-6-4-2/h6,8,10,12,14,16,18,20,22,24,35H,3-5,7,9,11,13,15,17,19,21,23,25-34,38H2,1-2H3,(H,41,42)/b8-6+,12-10+,16-14+,20-18+,24-22+. The van der Waals surface area contributed by atoms with E-state index in [9.17, 15) is 19.0 Å². The number of nitrogens with two attached hydrogens (primary N) is 1. The number of carbonyl (C=O) groups excluding carboxylic acids is 2. The van der Waals surface area contributed by atoms with Gasteiger partial charge in [0.2, 0.25) is 0 Å². The van der Waals surface area contributed by atoms with Gasteiger partial charge >= 0.3 is 19.8 Å². The smallest absolute Gasteiger partial charge is 0.462 e. The van der Waals surface area contributed by atoms with Gasteiger partial charge < -0.3 is 20.1 Å². The summed E-state index contributed by atoms with van der Waals surface area (Å²) in [7, 11) is -4.39. The molecule has 0 saturated carbocycles. The van der Waals surface area contributed by atoms with Crippen LogP contribution in [0.2, 0.25) is 0 Å². The maximum atomic E-state index is 12.4. The van der Waals surface area contributed by atoms with E-state index in [1.807, 2.05) is 54.7 Å². The van der Waals surface area contributed by atoms with Crippen LogP contribution in [0.3, 0.4) is 0 Å². The molecule has 47 heavy (non-hydrogen) atoms. The SMILES string of the molecule is CC/C=C/C=C/C=C/C=C/C=C/CCCC(=O)OC(COC(=O)CCCCCCCCCCCCCCC)COP(=O)(O)OCCN. The molecule has 0 fully saturated rings. The molecular formula is C37H64NO8P. The summed E-state index contributed by atoms with van der Waals surface area (Å²) in [5.41, 5.74) is 5.31. The highest BCUT2D eigenvalue weighted by atomic mass is 31.2. The van der Waals surface area contributed by atoms with Crippen LogP contribution in [0.1, 0.15) is 129 Å². The molecule has 0 aromatic heterocycles. The molecule has 0 aromatic rings. The summed E-state index contributed by atoms with van der Waals surface area (Å²) in [5, 5.41) is 0. The predicted octanol–water partition coefficient (Wildman–Crippen LogP) is 9.38. The van der Waals surface area contributed by atoms with E-state index in [1.54, 1.807) is 0 Å². The summed E-state index contributed by atoms with van der Waals surface area (Å²) < 4.78 is 32.5. The molecule has 10 heteroatoms. The van der Waals surface area contributed by atoms with E-state index in [-0.39, 0.29) is 32.6 Å². The average Bonchev–Trinajstić information content (AvgIpc) is 3.05. The Morgan fingerprint density at radius 3 is 1.72 bits per heavy atom. The summed E-state index contributed by atoms with van der Waals surface area (Å²) in [6, 6.07) is 0. The van der Waals surface area contributed by atoms with Gasteiger partial charge in [-0.15, -0.1) is 0 Å². The summed E-state index contributed by atoms with van der Waals surface area (Å²) in [5.74, 6) is -0.921. The zero-order valence-corrected chi connectivity index (χ0v) is 30.1. The maximum Gasteiger partial charge on any atom is 0.472 e. The van der Waals surface area contributed by atoms with Crippen molar-refractivity contribution in [3.63, 3.8) is 0 Å². The minimum Gasteiger partial charge on any atom is -0.462 e. The fourth-order valence-corrected chi connectivity index (χ4v) is 5.19. The minimum absolute atomic E-state index is 0.0400. The molecule has 0 aliphatic rings. The molecule has 0 saturated heterocycles. The van der Waals surface area contributed by atoms with Gasteiger partial charge in [-0.2, -0.15) is 0 Å². The number of rotatable bonds is 32. The summed E-state index contributed by atoms with van der Waals surface area (Å²) in [6.07, 6.45) is 36.9. The first-order valence-electron chi connectivity index (χ1n) is 17.8. The third-order valence-electron chi connectivity index (χ3n) is 7.05. The number of esters is 2. The highest BCUT2D eigenvalue weighted by Gasteiger charge is 2.25. The van der Waals surface area contributed by atoms with Gasteiger partial charge in [0.15, 0.2) is 6.10 Å². The van der Waals surface area contributed by atoms with E-state index >= 15 is 0 Å². The van der Waals surface area contributed by atoms with E-state index in [2.05, 4.69) is 19.9 Å². The van der Waals surface area contributed by atoms with Crippen LogP contribution in [0.5, 0.6) is 0 Å². The first-order chi connectivity index (χ1) is 22.8. The first kappa shape index (κ1) is 44.7. The molecule has 0 heterocycles. The van der Waals surface area contributed by atoms with Crippen LogP contribution in [-0.2, 0) is 32.7 Å². The molecule has 2 unspecified atom stereocenters. The van der Waals surface area contributed by atoms with Crippen LogP contribution >= 0.6 is 7.82 Å². The Kier molecular flexibility index (Phi) is 32.0. The Labute approximate surface area is 285 Å². The third-order valence-corrected chi connectivity index (χ3v) is 8.03. The number of hydrogen-bond donors (Lipinski definition) is 2. The van der Waals surface area contributed by atoms with E-state index in [4.69, 9.17) is 24.3 Å². The molecule has 2 atom stereocenters. The number of carbonyl (C=O) groups is 2. The van der Waals surface area contributed by atoms with Crippen molar-refractivity contribution in [2.24, 2.45) is 5.73 Å². The maximum absolute atomic E-state index is 12.4. The molecule has 0 aromatic carbocycles. The molecule has 9 nitrogen and oxygen atoms in total. The lowest BCUT2D eigenvalue weighted by Gasteiger charge is -2.19. The molecule has 0 bridgehead atoms. The van der Waals surface area contributed by atoms with Crippen molar-refractivity contribution in [2.45, 2.75) is 136 Å². The van der Waals surface area contributed by atoms with Crippen LogP contribution in [0.15, 0.2) is 60.8 Å². The van der Waals surface area contributed by atoms with Gasteiger partial charge in [0.25, 0.3) is 0 Å². The van der Waals surface area contributed by atoms with Gasteiger partial charge in [0.1, 0.15) is 6.61 Å². The van der Waals surface area contributed by atoms with Gasteiger partial charge in [0, 0.05) is 19.4 Å². The topological polar surface area (TPSA) is 134 Å². The van der Waals surface area contributed by atoms with Gasteiger partial charge in [-0.25, -0.2) is 4.57 Å². The Hall–Kier alpha value is -2.29. The molecule has 0 rings (SSSR count). The van der Waals surface area contributed by atoms with Crippen molar-refractivity contribution in [1.29, 1.82) is 0 Å². The number of phosphoric ester groups is 1. The molecule has 0 aliphatic carbocycles. The largest absolute Gasteiger partial charge is 0.472 e. The van der Waals surface area contributed by atoms with E-state index < -0.39 is 32.5 Å². The highest BCUT2D eigenvalue weighted by molar-refractivity contribution is 7.47. The zero-order chi connectivity index (χ0) is 34.7. The number of ether oxygens (including phenoxy) is 2. The molecule has 0 aliphatic heterocycles. The molecule has 270 valence electrons. The van der Waals surface area contributed by atoms with Crippen LogP contribution in [0, 0.1) is 0 Å². The lowest BCUT2D eigenvalue weighted by molar-refractivity contribution is -0.161. The summed E-state index contributed by atoms with van der Waals surface area (Å²) >= 11 is 0. The molecule has 3 N–H and O–H groups in total. The average molecular weight is 682 g/mol.